The Hall–Kier alpha value is -2.68. The van der Waals surface area contributed by atoms with Gasteiger partial charge in [-0.2, -0.15) is 9.40 Å². The van der Waals surface area contributed by atoms with Crippen LogP contribution in [-0.4, -0.2) is 41.5 Å². The van der Waals surface area contributed by atoms with Gasteiger partial charge in [-0.1, -0.05) is 45.4 Å². The number of hydrogen-bond acceptors (Lipinski definition) is 4. The van der Waals surface area contributed by atoms with Crippen molar-refractivity contribution in [3.05, 3.63) is 71.0 Å². The van der Waals surface area contributed by atoms with Crippen LogP contribution >= 0.6 is 11.6 Å². The fourth-order valence-corrected chi connectivity index (χ4v) is 5.17. The Labute approximate surface area is 194 Å². The molecule has 0 bridgehead atoms. The average molecular weight is 475 g/mol. The first-order chi connectivity index (χ1) is 15.2. The van der Waals surface area contributed by atoms with E-state index >= 15 is 0 Å². The normalized spacial score (nSPS) is 11.8. The molecule has 3 aromatic rings. The van der Waals surface area contributed by atoms with Gasteiger partial charge >= 0.3 is 0 Å². The van der Waals surface area contributed by atoms with Crippen molar-refractivity contribution in [1.82, 2.24) is 14.1 Å². The second-order valence-electron chi connectivity index (χ2n) is 7.56. The van der Waals surface area contributed by atoms with Crippen molar-refractivity contribution in [2.45, 2.75) is 38.5 Å². The maximum Gasteiger partial charge on any atom is 0.259 e. The van der Waals surface area contributed by atoms with Gasteiger partial charge in [0, 0.05) is 23.8 Å². The number of rotatable bonds is 8. The van der Waals surface area contributed by atoms with Gasteiger partial charge in [0.25, 0.3) is 5.91 Å². The predicted octanol–water partition coefficient (Wildman–Crippen LogP) is 4.93. The Morgan fingerprint density at radius 1 is 1.12 bits per heavy atom. The third-order valence-corrected chi connectivity index (χ3v) is 7.41. The number of hydrogen-bond donors (Lipinski definition) is 1. The number of anilines is 1. The van der Waals surface area contributed by atoms with Crippen molar-refractivity contribution in [3.8, 4) is 5.69 Å². The molecule has 0 spiro atoms. The lowest BCUT2D eigenvalue weighted by Gasteiger charge is -2.18. The van der Waals surface area contributed by atoms with Gasteiger partial charge in [0.15, 0.2) is 0 Å². The van der Waals surface area contributed by atoms with Gasteiger partial charge in [-0.15, -0.1) is 0 Å². The number of sulfonamides is 1. The minimum Gasteiger partial charge on any atom is -0.322 e. The third kappa shape index (κ3) is 4.87. The largest absolute Gasteiger partial charge is 0.322 e. The van der Waals surface area contributed by atoms with Crippen LogP contribution in [-0.2, 0) is 10.0 Å². The number of aromatic nitrogens is 2. The molecule has 7 nitrogen and oxygen atoms in total. The molecule has 1 N–H and O–H groups in total. The van der Waals surface area contributed by atoms with Gasteiger partial charge in [-0.05, 0) is 48.4 Å². The van der Waals surface area contributed by atoms with Gasteiger partial charge in [0.05, 0.1) is 28.0 Å². The third-order valence-electron chi connectivity index (χ3n) is 5.11. The fourth-order valence-electron chi connectivity index (χ4n) is 3.52. The van der Waals surface area contributed by atoms with Crippen LogP contribution in [0.1, 0.15) is 49.7 Å². The summed E-state index contributed by atoms with van der Waals surface area (Å²) >= 11 is 6.12. The minimum absolute atomic E-state index is 0.0267. The zero-order valence-electron chi connectivity index (χ0n) is 18.5. The van der Waals surface area contributed by atoms with Gasteiger partial charge < -0.3 is 5.32 Å². The molecule has 0 atom stereocenters. The summed E-state index contributed by atoms with van der Waals surface area (Å²) in [4.78, 5) is 13.2. The molecule has 170 valence electrons. The zero-order valence-corrected chi connectivity index (χ0v) is 20.1. The van der Waals surface area contributed by atoms with Crippen LogP contribution in [0.2, 0.25) is 5.02 Å². The second-order valence-corrected chi connectivity index (χ2v) is 9.93. The Balaban J connectivity index is 1.87. The molecule has 0 fully saturated rings. The first kappa shape index (κ1) is 24.0. The van der Waals surface area contributed by atoms with E-state index in [1.165, 1.54) is 22.6 Å². The number of carbonyl (C=O) groups excluding carboxylic acids is 1. The fraction of sp³-hybridized carbons (Fsp3) is 0.304. The molecule has 0 aliphatic heterocycles. The minimum atomic E-state index is -3.55. The first-order valence-electron chi connectivity index (χ1n) is 10.4. The second kappa shape index (κ2) is 9.85. The molecule has 0 aliphatic rings. The maximum absolute atomic E-state index is 13.0. The SMILES string of the molecule is CCN(CC)S(=O)(=O)c1ccc(NC(=O)c2cnn(-c3cccc(Cl)c3)c2C(C)C)cc1. The highest BCUT2D eigenvalue weighted by molar-refractivity contribution is 7.89. The Morgan fingerprint density at radius 3 is 2.34 bits per heavy atom. The van der Waals surface area contributed by atoms with E-state index < -0.39 is 10.0 Å². The maximum atomic E-state index is 13.0. The zero-order chi connectivity index (χ0) is 23.5. The van der Waals surface area contributed by atoms with Crippen molar-refractivity contribution in [1.29, 1.82) is 0 Å². The summed E-state index contributed by atoms with van der Waals surface area (Å²) in [6.45, 7) is 8.36. The monoisotopic (exact) mass is 474 g/mol. The molecule has 0 aliphatic carbocycles. The number of nitrogens with one attached hydrogen (secondary N) is 1. The van der Waals surface area contributed by atoms with E-state index in [-0.39, 0.29) is 16.7 Å². The summed E-state index contributed by atoms with van der Waals surface area (Å²) in [5, 5.41) is 7.83. The van der Waals surface area contributed by atoms with E-state index in [9.17, 15) is 13.2 Å². The Bertz CT molecular complexity index is 1200. The molecule has 1 amide bonds. The van der Waals surface area contributed by atoms with Gasteiger partial charge in [-0.25, -0.2) is 13.1 Å². The van der Waals surface area contributed by atoms with Crippen LogP contribution in [0.25, 0.3) is 5.69 Å². The van der Waals surface area contributed by atoms with E-state index in [2.05, 4.69) is 10.4 Å². The van der Waals surface area contributed by atoms with Crippen LogP contribution < -0.4 is 5.32 Å². The summed E-state index contributed by atoms with van der Waals surface area (Å²) in [5.41, 5.74) is 2.47. The molecule has 0 saturated carbocycles. The van der Waals surface area contributed by atoms with Crippen molar-refractivity contribution < 1.29 is 13.2 Å². The van der Waals surface area contributed by atoms with Gasteiger partial charge in [0.1, 0.15) is 0 Å². The molecule has 3 rings (SSSR count). The van der Waals surface area contributed by atoms with E-state index in [1.807, 2.05) is 26.0 Å². The average Bonchev–Trinajstić information content (AvgIpc) is 3.20. The number of nitrogens with zero attached hydrogens (tertiary/aromatic N) is 3. The van der Waals surface area contributed by atoms with Crippen molar-refractivity contribution >= 4 is 33.2 Å². The Morgan fingerprint density at radius 2 is 1.78 bits per heavy atom. The van der Waals surface area contributed by atoms with Crippen molar-refractivity contribution in [2.24, 2.45) is 0 Å². The van der Waals surface area contributed by atoms with Crippen LogP contribution in [0, 0.1) is 0 Å². The molecule has 32 heavy (non-hydrogen) atoms. The predicted molar refractivity (Wildman–Crippen MR) is 127 cm³/mol. The molecular weight excluding hydrogens is 448 g/mol. The highest BCUT2D eigenvalue weighted by Gasteiger charge is 2.23. The van der Waals surface area contributed by atoms with E-state index in [1.54, 1.807) is 42.8 Å². The molecule has 0 radical (unpaired) electrons. The smallest absolute Gasteiger partial charge is 0.259 e. The van der Waals surface area contributed by atoms with Crippen LogP contribution in [0.4, 0.5) is 5.69 Å². The quantitative estimate of drug-likeness (QED) is 0.501. The molecule has 0 saturated heterocycles. The molecule has 1 aromatic heterocycles. The number of halogens is 1. The Kier molecular flexibility index (Phi) is 7.38. The number of benzene rings is 2. The van der Waals surface area contributed by atoms with Crippen LogP contribution in [0.5, 0.6) is 0 Å². The molecule has 9 heteroatoms. The lowest BCUT2D eigenvalue weighted by molar-refractivity contribution is 0.102. The van der Waals surface area contributed by atoms with Crippen LogP contribution in [0.15, 0.2) is 59.6 Å². The first-order valence-corrected chi connectivity index (χ1v) is 12.3. The number of carbonyl (C=O) groups is 1. The topological polar surface area (TPSA) is 84.3 Å². The van der Waals surface area contributed by atoms with E-state index in [0.717, 1.165) is 11.4 Å². The summed E-state index contributed by atoms with van der Waals surface area (Å²) in [7, 11) is -3.55. The van der Waals surface area contributed by atoms with Crippen molar-refractivity contribution in [2.75, 3.05) is 18.4 Å². The molecule has 2 aromatic carbocycles. The lowest BCUT2D eigenvalue weighted by Crippen LogP contribution is -2.30. The summed E-state index contributed by atoms with van der Waals surface area (Å²) in [6, 6.07) is 13.5. The van der Waals surface area contributed by atoms with E-state index in [4.69, 9.17) is 11.6 Å². The number of amides is 1. The van der Waals surface area contributed by atoms with Gasteiger partial charge in [0.2, 0.25) is 10.0 Å². The van der Waals surface area contributed by atoms with Crippen molar-refractivity contribution in [3.63, 3.8) is 0 Å². The van der Waals surface area contributed by atoms with Gasteiger partial charge in [-0.3, -0.25) is 4.79 Å². The lowest BCUT2D eigenvalue weighted by atomic mass is 10.0. The summed E-state index contributed by atoms with van der Waals surface area (Å²) in [6.07, 6.45) is 1.53. The standard InChI is InChI=1S/C23H27ClN4O3S/c1-5-27(6-2)32(30,31)20-12-10-18(11-13-20)26-23(29)21-15-25-28(22(21)16(3)4)19-9-7-8-17(24)14-19/h7-16H,5-6H2,1-4H3,(H,26,29). The van der Waals surface area contributed by atoms with Crippen LogP contribution in [0.3, 0.4) is 0 Å². The summed E-state index contributed by atoms with van der Waals surface area (Å²) in [5.74, 6) is -0.292. The van der Waals surface area contributed by atoms with E-state index in [0.29, 0.717) is 29.4 Å². The molecule has 0 unspecified atom stereocenters. The highest BCUT2D eigenvalue weighted by atomic mass is 35.5. The molecular formula is C23H27ClN4O3S. The highest BCUT2D eigenvalue weighted by Crippen LogP contribution is 2.26. The summed E-state index contributed by atoms with van der Waals surface area (Å²) < 4.78 is 28.4. The molecule has 1 heterocycles.